The van der Waals surface area contributed by atoms with Gasteiger partial charge in [0.05, 0.1) is 17.1 Å². The molecule has 0 aliphatic heterocycles. The molecule has 0 aliphatic carbocycles. The Labute approximate surface area is 162 Å². The molecule has 0 aromatic heterocycles. The lowest BCUT2D eigenvalue weighted by molar-refractivity contribution is -0.137. The van der Waals surface area contributed by atoms with E-state index in [9.17, 15) is 26.4 Å². The molecule has 8 heteroatoms. The predicted octanol–water partition coefficient (Wildman–Crippen LogP) is 3.84. The topological polar surface area (TPSA) is 63.2 Å². The molecule has 2 aromatic rings. The first-order valence-corrected chi connectivity index (χ1v) is 10.4. The molecule has 28 heavy (non-hydrogen) atoms. The smallest absolute Gasteiger partial charge is 0.353 e. The summed E-state index contributed by atoms with van der Waals surface area (Å²) in [6.07, 6.45) is -1.81. The van der Waals surface area contributed by atoms with Crippen molar-refractivity contribution >= 4 is 21.8 Å². The van der Waals surface area contributed by atoms with E-state index in [1.807, 2.05) is 0 Å². The number of carbonyl (C=O) groups excluding carboxylic acids is 1. The van der Waals surface area contributed by atoms with Crippen molar-refractivity contribution in [1.82, 2.24) is 5.32 Å². The second kappa shape index (κ2) is 9.54. The van der Waals surface area contributed by atoms with E-state index in [-0.39, 0.29) is 30.0 Å². The van der Waals surface area contributed by atoms with Crippen molar-refractivity contribution in [1.29, 1.82) is 0 Å². The summed E-state index contributed by atoms with van der Waals surface area (Å²) >= 11 is 0. The molecule has 1 N–H and O–H groups in total. The Morgan fingerprint density at radius 2 is 1.75 bits per heavy atom. The highest BCUT2D eigenvalue weighted by atomic mass is 32.2. The van der Waals surface area contributed by atoms with E-state index in [1.165, 1.54) is 18.2 Å². The number of alkyl halides is 3. The van der Waals surface area contributed by atoms with Gasteiger partial charge in [0.1, 0.15) is 0 Å². The number of rotatable bonds is 8. The molecule has 0 spiro atoms. The number of sulfone groups is 1. The summed E-state index contributed by atoms with van der Waals surface area (Å²) in [4.78, 5) is 11.7. The second-order valence-corrected chi connectivity index (χ2v) is 8.36. The minimum atomic E-state index is -4.45. The molecule has 0 bridgehead atoms. The summed E-state index contributed by atoms with van der Waals surface area (Å²) in [5.41, 5.74) is 0.157. The van der Waals surface area contributed by atoms with Gasteiger partial charge in [-0.15, -0.1) is 0 Å². The SMILES string of the molecule is O=C(C=Cc1cccc(C(F)(F)F)c1)NCCCS(=O)(=O)Cc1ccccc1. The van der Waals surface area contributed by atoms with Gasteiger partial charge in [0, 0.05) is 12.6 Å². The van der Waals surface area contributed by atoms with Gasteiger partial charge in [0.2, 0.25) is 5.91 Å². The van der Waals surface area contributed by atoms with Gasteiger partial charge in [0.25, 0.3) is 0 Å². The van der Waals surface area contributed by atoms with E-state index >= 15 is 0 Å². The third-order valence-electron chi connectivity index (χ3n) is 3.80. The number of carbonyl (C=O) groups is 1. The van der Waals surface area contributed by atoms with Crippen LogP contribution in [0.3, 0.4) is 0 Å². The van der Waals surface area contributed by atoms with Gasteiger partial charge in [-0.05, 0) is 35.8 Å². The summed E-state index contributed by atoms with van der Waals surface area (Å²) < 4.78 is 62.1. The van der Waals surface area contributed by atoms with Crippen LogP contribution in [0.1, 0.15) is 23.1 Å². The molecular weight excluding hydrogens is 391 g/mol. The molecule has 0 fully saturated rings. The number of amides is 1. The van der Waals surface area contributed by atoms with Crippen LogP contribution in [0.25, 0.3) is 6.08 Å². The van der Waals surface area contributed by atoms with Gasteiger partial charge in [0.15, 0.2) is 9.84 Å². The van der Waals surface area contributed by atoms with Crippen molar-refractivity contribution < 1.29 is 26.4 Å². The largest absolute Gasteiger partial charge is 0.416 e. The molecule has 0 atom stereocenters. The Morgan fingerprint density at radius 3 is 2.43 bits per heavy atom. The summed E-state index contributed by atoms with van der Waals surface area (Å²) in [5, 5.41) is 2.52. The monoisotopic (exact) mass is 411 g/mol. The van der Waals surface area contributed by atoms with E-state index in [1.54, 1.807) is 30.3 Å². The quantitative estimate of drug-likeness (QED) is 0.530. The lowest BCUT2D eigenvalue weighted by atomic mass is 10.1. The fourth-order valence-corrected chi connectivity index (χ4v) is 3.88. The van der Waals surface area contributed by atoms with Gasteiger partial charge >= 0.3 is 6.18 Å². The predicted molar refractivity (Wildman–Crippen MR) is 102 cm³/mol. The Kier molecular flexibility index (Phi) is 7.39. The van der Waals surface area contributed by atoms with Crippen molar-refractivity contribution in [3.05, 3.63) is 77.4 Å². The van der Waals surface area contributed by atoms with Crippen LogP contribution in [0.2, 0.25) is 0 Å². The zero-order valence-electron chi connectivity index (χ0n) is 14.9. The van der Waals surface area contributed by atoms with E-state index in [4.69, 9.17) is 0 Å². The Morgan fingerprint density at radius 1 is 1.04 bits per heavy atom. The second-order valence-electron chi connectivity index (χ2n) is 6.18. The van der Waals surface area contributed by atoms with Crippen molar-refractivity contribution in [2.45, 2.75) is 18.3 Å². The number of hydrogen-bond acceptors (Lipinski definition) is 3. The molecule has 0 unspecified atom stereocenters. The zero-order valence-corrected chi connectivity index (χ0v) is 15.8. The first kappa shape index (κ1) is 21.7. The van der Waals surface area contributed by atoms with Crippen LogP contribution in [0.15, 0.2) is 60.7 Å². The highest BCUT2D eigenvalue weighted by molar-refractivity contribution is 7.90. The van der Waals surface area contributed by atoms with Gasteiger partial charge in [-0.1, -0.05) is 42.5 Å². The van der Waals surface area contributed by atoms with Gasteiger partial charge in [-0.3, -0.25) is 4.79 Å². The minimum Gasteiger partial charge on any atom is -0.353 e. The molecule has 4 nitrogen and oxygen atoms in total. The average Bonchev–Trinajstić information content (AvgIpc) is 2.63. The molecule has 0 saturated carbocycles. The standard InChI is InChI=1S/C20H20F3NO3S/c21-20(22,23)18-9-4-8-16(14-18)10-11-19(25)24-12-5-13-28(26,27)15-17-6-2-1-3-7-17/h1-4,6-11,14H,5,12-13,15H2,(H,24,25). The molecule has 2 aromatic carbocycles. The highest BCUT2D eigenvalue weighted by Crippen LogP contribution is 2.29. The maximum Gasteiger partial charge on any atom is 0.416 e. The van der Waals surface area contributed by atoms with E-state index in [0.29, 0.717) is 5.56 Å². The van der Waals surface area contributed by atoms with Gasteiger partial charge in [-0.2, -0.15) is 13.2 Å². The molecular formula is C20H20F3NO3S. The minimum absolute atomic E-state index is 0.0583. The van der Waals surface area contributed by atoms with Crippen molar-refractivity contribution in [2.75, 3.05) is 12.3 Å². The normalized spacial score (nSPS) is 12.2. The summed E-state index contributed by atoms with van der Waals surface area (Å²) in [6.45, 7) is 0.153. The first-order chi connectivity index (χ1) is 13.2. The number of benzene rings is 2. The van der Waals surface area contributed by atoms with Gasteiger partial charge < -0.3 is 5.32 Å². The van der Waals surface area contributed by atoms with Gasteiger partial charge in [-0.25, -0.2) is 8.42 Å². The lowest BCUT2D eigenvalue weighted by Gasteiger charge is -2.07. The van der Waals surface area contributed by atoms with Crippen LogP contribution in [0, 0.1) is 0 Å². The van der Waals surface area contributed by atoms with Crippen LogP contribution in [0.4, 0.5) is 13.2 Å². The summed E-state index contributed by atoms with van der Waals surface area (Å²) in [7, 11) is -3.28. The van der Waals surface area contributed by atoms with E-state index in [0.717, 1.165) is 18.2 Å². The lowest BCUT2D eigenvalue weighted by Crippen LogP contribution is -2.24. The molecule has 0 saturated heterocycles. The maximum absolute atomic E-state index is 12.7. The third-order valence-corrected chi connectivity index (χ3v) is 5.49. The molecule has 0 aliphatic rings. The number of nitrogens with one attached hydrogen (secondary N) is 1. The fourth-order valence-electron chi connectivity index (χ4n) is 2.45. The molecule has 2 rings (SSSR count). The van der Waals surface area contributed by atoms with Crippen molar-refractivity contribution in [3.63, 3.8) is 0 Å². The fraction of sp³-hybridized carbons (Fsp3) is 0.250. The van der Waals surface area contributed by atoms with Crippen molar-refractivity contribution in [3.8, 4) is 0 Å². The number of halogens is 3. The third kappa shape index (κ3) is 7.56. The van der Waals surface area contributed by atoms with Crippen LogP contribution in [-0.4, -0.2) is 26.6 Å². The Bertz CT molecular complexity index is 923. The molecule has 0 radical (unpaired) electrons. The Hall–Kier alpha value is -2.61. The average molecular weight is 411 g/mol. The van der Waals surface area contributed by atoms with Crippen LogP contribution >= 0.6 is 0 Å². The van der Waals surface area contributed by atoms with Crippen molar-refractivity contribution in [2.24, 2.45) is 0 Å². The van der Waals surface area contributed by atoms with E-state index in [2.05, 4.69) is 5.32 Å². The van der Waals surface area contributed by atoms with Crippen LogP contribution in [-0.2, 0) is 26.6 Å². The summed E-state index contributed by atoms with van der Waals surface area (Å²) in [5.74, 6) is -0.630. The van der Waals surface area contributed by atoms with Crippen LogP contribution in [0.5, 0.6) is 0 Å². The van der Waals surface area contributed by atoms with E-state index < -0.39 is 27.5 Å². The maximum atomic E-state index is 12.7. The summed E-state index contributed by atoms with van der Waals surface area (Å²) in [6, 6.07) is 13.4. The first-order valence-electron chi connectivity index (χ1n) is 8.53. The highest BCUT2D eigenvalue weighted by Gasteiger charge is 2.30. The number of hydrogen-bond donors (Lipinski definition) is 1. The van der Waals surface area contributed by atoms with Crippen LogP contribution < -0.4 is 5.32 Å². The molecule has 0 heterocycles. The zero-order chi connectivity index (χ0) is 20.6. The molecule has 1 amide bonds. The Balaban J connectivity index is 1.77. The molecule has 150 valence electrons.